The molecule has 1 atom stereocenters. The van der Waals surface area contributed by atoms with Gasteiger partial charge in [0.1, 0.15) is 0 Å². The van der Waals surface area contributed by atoms with E-state index in [9.17, 15) is 0 Å². The molecule has 1 aromatic rings. The summed E-state index contributed by atoms with van der Waals surface area (Å²) in [6.07, 6.45) is 9.71. The summed E-state index contributed by atoms with van der Waals surface area (Å²) < 4.78 is 0. The predicted octanol–water partition coefficient (Wildman–Crippen LogP) is 6.27. The highest BCUT2D eigenvalue weighted by molar-refractivity contribution is 7.80. The number of hydrogen-bond acceptors (Lipinski definition) is 1. The zero-order valence-electron chi connectivity index (χ0n) is 14.7. The highest BCUT2D eigenvalue weighted by atomic mass is 35.5. The van der Waals surface area contributed by atoms with E-state index >= 15 is 0 Å². The molecule has 0 amide bonds. The van der Waals surface area contributed by atoms with Crippen molar-refractivity contribution in [2.45, 2.75) is 57.9 Å². The van der Waals surface area contributed by atoms with E-state index in [0.29, 0.717) is 26.6 Å². The van der Waals surface area contributed by atoms with Crippen LogP contribution in [0.4, 0.5) is 5.69 Å². The monoisotopic (exact) mass is 396 g/mol. The Kier molecular flexibility index (Phi) is 4.94. The first kappa shape index (κ1) is 17.9. The minimum Gasteiger partial charge on any atom is -0.359 e. The first-order valence-corrected chi connectivity index (χ1v) is 10.7. The van der Waals surface area contributed by atoms with Crippen molar-refractivity contribution in [3.8, 4) is 0 Å². The maximum Gasteiger partial charge on any atom is 0.171 e. The van der Waals surface area contributed by atoms with Crippen LogP contribution in [0.5, 0.6) is 0 Å². The van der Waals surface area contributed by atoms with Crippen LogP contribution in [0.1, 0.15) is 51.9 Å². The summed E-state index contributed by atoms with van der Waals surface area (Å²) >= 11 is 17.7. The number of hydrogen-bond donors (Lipinski definition) is 2. The molecule has 1 unspecified atom stereocenters. The smallest absolute Gasteiger partial charge is 0.171 e. The van der Waals surface area contributed by atoms with Crippen LogP contribution in [0, 0.1) is 23.2 Å². The maximum atomic E-state index is 6.11. The second kappa shape index (κ2) is 6.90. The van der Waals surface area contributed by atoms with Crippen LogP contribution in [0.3, 0.4) is 0 Å². The third-order valence-electron chi connectivity index (χ3n) is 6.72. The summed E-state index contributed by atoms with van der Waals surface area (Å²) in [7, 11) is 0. The zero-order chi connectivity index (χ0) is 17.6. The van der Waals surface area contributed by atoms with E-state index in [-0.39, 0.29) is 0 Å². The van der Waals surface area contributed by atoms with Gasteiger partial charge in [0.05, 0.1) is 10.0 Å². The summed E-state index contributed by atoms with van der Waals surface area (Å²) in [6, 6.07) is 5.99. The van der Waals surface area contributed by atoms with Gasteiger partial charge in [0.15, 0.2) is 5.11 Å². The van der Waals surface area contributed by atoms with Gasteiger partial charge in [0, 0.05) is 11.7 Å². The molecule has 4 aliphatic carbocycles. The predicted molar refractivity (Wildman–Crippen MR) is 111 cm³/mol. The average Bonchev–Trinajstić information content (AvgIpc) is 2.54. The van der Waals surface area contributed by atoms with E-state index in [2.05, 4.69) is 17.6 Å². The minimum atomic E-state index is 0.451. The van der Waals surface area contributed by atoms with Gasteiger partial charge in [-0.3, -0.25) is 0 Å². The van der Waals surface area contributed by atoms with Gasteiger partial charge in [0.2, 0.25) is 0 Å². The lowest BCUT2D eigenvalue weighted by atomic mass is 9.47. The first-order valence-electron chi connectivity index (χ1n) is 9.50. The molecule has 25 heavy (non-hydrogen) atoms. The van der Waals surface area contributed by atoms with E-state index in [0.717, 1.165) is 29.9 Å². The Morgan fingerprint density at radius 2 is 1.72 bits per heavy atom. The Morgan fingerprint density at radius 3 is 2.24 bits per heavy atom. The highest BCUT2D eigenvalue weighted by Gasteiger charge is 2.53. The molecule has 0 aromatic heterocycles. The van der Waals surface area contributed by atoms with E-state index < -0.39 is 0 Å². The molecular weight excluding hydrogens is 371 g/mol. The number of nitrogens with one attached hydrogen (secondary N) is 2. The van der Waals surface area contributed by atoms with Crippen molar-refractivity contribution in [3.63, 3.8) is 0 Å². The summed E-state index contributed by atoms with van der Waals surface area (Å²) in [6.45, 7) is 2.29. The van der Waals surface area contributed by atoms with E-state index in [1.54, 1.807) is 6.07 Å². The summed E-state index contributed by atoms with van der Waals surface area (Å²) in [5, 5.41) is 8.74. The van der Waals surface area contributed by atoms with Gasteiger partial charge in [0.25, 0.3) is 0 Å². The summed E-state index contributed by atoms with van der Waals surface area (Å²) in [5.74, 6) is 2.87. The third kappa shape index (κ3) is 3.52. The van der Waals surface area contributed by atoms with Gasteiger partial charge in [-0.05, 0) is 98.5 Å². The lowest BCUT2D eigenvalue weighted by molar-refractivity contribution is -0.0709. The Morgan fingerprint density at radius 1 is 1.12 bits per heavy atom. The van der Waals surface area contributed by atoms with Crippen molar-refractivity contribution in [2.75, 3.05) is 5.32 Å². The lowest BCUT2D eigenvalue weighted by Crippen LogP contribution is -2.57. The maximum absolute atomic E-state index is 6.11. The Hall–Kier alpha value is -0.510. The van der Waals surface area contributed by atoms with Gasteiger partial charge in [-0.25, -0.2) is 0 Å². The molecule has 4 saturated carbocycles. The molecule has 4 fully saturated rings. The Labute approximate surface area is 166 Å². The molecule has 2 N–H and O–H groups in total. The molecule has 1 aromatic carbocycles. The van der Waals surface area contributed by atoms with Crippen molar-refractivity contribution in [1.29, 1.82) is 0 Å². The molecule has 136 valence electrons. The van der Waals surface area contributed by atoms with Crippen LogP contribution < -0.4 is 10.6 Å². The van der Waals surface area contributed by atoms with Gasteiger partial charge >= 0.3 is 0 Å². The molecule has 0 heterocycles. The molecule has 0 radical (unpaired) electrons. The standard InChI is InChI=1S/C20H26Cl2N2S/c1-2-18(20-9-12-5-13(10-20)7-14(6-12)11-20)24-19(25)23-15-3-4-16(21)17(22)8-15/h3-4,8,12-14,18H,2,5-7,9-11H2,1H3,(H2,23,24,25). The number of halogens is 2. The fourth-order valence-electron chi connectivity index (χ4n) is 6.19. The second-order valence-electron chi connectivity index (χ2n) is 8.47. The van der Waals surface area contributed by atoms with E-state index in [1.165, 1.54) is 38.5 Å². The fourth-order valence-corrected chi connectivity index (χ4v) is 6.75. The molecule has 5 heteroatoms. The molecule has 2 nitrogen and oxygen atoms in total. The van der Waals surface area contributed by atoms with Gasteiger partial charge in [-0.2, -0.15) is 0 Å². The number of rotatable bonds is 4. The van der Waals surface area contributed by atoms with Crippen molar-refractivity contribution < 1.29 is 0 Å². The van der Waals surface area contributed by atoms with Crippen molar-refractivity contribution >= 4 is 46.2 Å². The summed E-state index contributed by atoms with van der Waals surface area (Å²) in [4.78, 5) is 0. The van der Waals surface area contributed by atoms with E-state index in [1.807, 2.05) is 12.1 Å². The number of anilines is 1. The summed E-state index contributed by atoms with van der Waals surface area (Å²) in [5.41, 5.74) is 1.33. The largest absolute Gasteiger partial charge is 0.359 e. The molecule has 4 bridgehead atoms. The van der Waals surface area contributed by atoms with Gasteiger partial charge in [-0.15, -0.1) is 0 Å². The quantitative estimate of drug-likeness (QED) is 0.585. The third-order valence-corrected chi connectivity index (χ3v) is 7.67. The van der Waals surface area contributed by atoms with Crippen LogP contribution in [0.15, 0.2) is 18.2 Å². The molecule has 4 aliphatic rings. The molecule has 0 saturated heterocycles. The fraction of sp³-hybridized carbons (Fsp3) is 0.650. The number of thiocarbonyl (C=S) groups is 1. The number of benzene rings is 1. The van der Waals surface area contributed by atoms with Crippen LogP contribution in [-0.4, -0.2) is 11.2 Å². The molecule has 5 rings (SSSR count). The van der Waals surface area contributed by atoms with Crippen molar-refractivity contribution in [3.05, 3.63) is 28.2 Å². The first-order chi connectivity index (χ1) is 12.0. The van der Waals surface area contributed by atoms with Crippen LogP contribution >= 0.6 is 35.4 Å². The Bertz CT molecular complexity index is 640. The Balaban J connectivity index is 1.45. The molecular formula is C20H26Cl2N2S. The van der Waals surface area contributed by atoms with Crippen molar-refractivity contribution in [2.24, 2.45) is 23.2 Å². The molecule has 0 spiro atoms. The highest BCUT2D eigenvalue weighted by Crippen LogP contribution is 2.61. The van der Waals surface area contributed by atoms with Crippen LogP contribution in [0.25, 0.3) is 0 Å². The zero-order valence-corrected chi connectivity index (χ0v) is 17.0. The molecule has 0 aliphatic heterocycles. The van der Waals surface area contributed by atoms with Gasteiger partial charge in [-0.1, -0.05) is 30.1 Å². The second-order valence-corrected chi connectivity index (χ2v) is 9.69. The van der Waals surface area contributed by atoms with Crippen molar-refractivity contribution in [1.82, 2.24) is 5.32 Å². The average molecular weight is 397 g/mol. The lowest BCUT2D eigenvalue weighted by Gasteiger charge is -2.59. The SMILES string of the molecule is CCC(NC(=S)Nc1ccc(Cl)c(Cl)c1)C12CC3CC(CC(C3)C1)C2. The topological polar surface area (TPSA) is 24.1 Å². The van der Waals surface area contributed by atoms with E-state index in [4.69, 9.17) is 35.4 Å². The van der Waals surface area contributed by atoms with Crippen LogP contribution in [-0.2, 0) is 0 Å². The van der Waals surface area contributed by atoms with Crippen LogP contribution in [0.2, 0.25) is 10.0 Å². The van der Waals surface area contributed by atoms with Gasteiger partial charge < -0.3 is 10.6 Å². The minimum absolute atomic E-state index is 0.451. The normalized spacial score (nSPS) is 34.0.